The highest BCUT2D eigenvalue weighted by Gasteiger charge is 2.12. The lowest BCUT2D eigenvalue weighted by atomic mass is 10.2. The normalized spacial score (nSPS) is 10.3. The molecule has 19 heavy (non-hydrogen) atoms. The summed E-state index contributed by atoms with van der Waals surface area (Å²) >= 11 is 17.8. The molecule has 0 aliphatic heterocycles. The molecular weight excluding hydrogens is 305 g/mol. The summed E-state index contributed by atoms with van der Waals surface area (Å²) in [6.07, 6.45) is 0. The third kappa shape index (κ3) is 3.41. The molecule has 2 aromatic carbocycles. The molecule has 0 aliphatic carbocycles. The van der Waals surface area contributed by atoms with Gasteiger partial charge in [0.1, 0.15) is 0 Å². The van der Waals surface area contributed by atoms with E-state index in [1.54, 1.807) is 24.3 Å². The molecule has 1 amide bonds. The summed E-state index contributed by atoms with van der Waals surface area (Å²) in [7, 11) is 0. The van der Waals surface area contributed by atoms with Gasteiger partial charge in [0.2, 0.25) is 0 Å². The number of nitrogens with one attached hydrogen (secondary N) is 1. The third-order valence-electron chi connectivity index (χ3n) is 2.55. The van der Waals surface area contributed by atoms with Crippen molar-refractivity contribution in [2.45, 2.75) is 6.92 Å². The van der Waals surface area contributed by atoms with Gasteiger partial charge in [-0.1, -0.05) is 40.9 Å². The van der Waals surface area contributed by atoms with Crippen molar-refractivity contribution < 1.29 is 4.79 Å². The van der Waals surface area contributed by atoms with Crippen LogP contribution in [0.25, 0.3) is 0 Å². The number of rotatable bonds is 2. The Kier molecular flexibility index (Phi) is 4.35. The lowest BCUT2D eigenvalue weighted by molar-refractivity contribution is 0.102. The minimum atomic E-state index is -0.326. The van der Waals surface area contributed by atoms with Crippen LogP contribution in [0.4, 0.5) is 5.69 Å². The number of aryl methyl sites for hydroxylation is 1. The van der Waals surface area contributed by atoms with Crippen molar-refractivity contribution in [3.8, 4) is 0 Å². The molecule has 5 heteroatoms. The average molecular weight is 315 g/mol. The number of halogens is 3. The zero-order chi connectivity index (χ0) is 14.0. The quantitative estimate of drug-likeness (QED) is 0.810. The van der Waals surface area contributed by atoms with Gasteiger partial charge in [-0.25, -0.2) is 0 Å². The van der Waals surface area contributed by atoms with Crippen molar-refractivity contribution in [1.82, 2.24) is 0 Å². The molecule has 0 saturated carbocycles. The molecule has 0 aliphatic rings. The van der Waals surface area contributed by atoms with Crippen LogP contribution >= 0.6 is 34.8 Å². The molecule has 0 bridgehead atoms. The Morgan fingerprint density at radius 1 is 1.00 bits per heavy atom. The van der Waals surface area contributed by atoms with Crippen molar-refractivity contribution in [3.63, 3.8) is 0 Å². The number of hydrogen-bond donors (Lipinski definition) is 1. The smallest absolute Gasteiger partial charge is 0.257 e. The molecule has 0 atom stereocenters. The Bertz CT molecular complexity index is 641. The van der Waals surface area contributed by atoms with E-state index in [0.717, 1.165) is 5.56 Å². The first-order valence-electron chi connectivity index (χ1n) is 5.50. The van der Waals surface area contributed by atoms with Crippen LogP contribution < -0.4 is 5.32 Å². The Hall–Kier alpha value is -1.22. The van der Waals surface area contributed by atoms with Gasteiger partial charge in [0.15, 0.2) is 0 Å². The number of hydrogen-bond acceptors (Lipinski definition) is 1. The highest BCUT2D eigenvalue weighted by molar-refractivity contribution is 6.37. The summed E-state index contributed by atoms with van der Waals surface area (Å²) in [6.45, 7) is 1.92. The molecule has 98 valence electrons. The van der Waals surface area contributed by atoms with Crippen molar-refractivity contribution in [1.29, 1.82) is 0 Å². The Morgan fingerprint density at radius 2 is 1.74 bits per heavy atom. The maximum Gasteiger partial charge on any atom is 0.257 e. The summed E-state index contributed by atoms with van der Waals surface area (Å²) < 4.78 is 0. The second-order valence-electron chi connectivity index (χ2n) is 4.06. The zero-order valence-electron chi connectivity index (χ0n) is 10.0. The molecule has 0 aromatic heterocycles. The standard InChI is InChI=1S/C14H10Cl3NO/c1-8-2-5-13(12(17)6-8)18-14(19)10-4-3-9(15)7-11(10)16/h2-7H,1H3,(H,18,19). The SMILES string of the molecule is Cc1ccc(NC(=O)c2ccc(Cl)cc2Cl)c(Cl)c1. The first kappa shape index (κ1) is 14.2. The predicted molar refractivity (Wildman–Crippen MR) is 80.6 cm³/mol. The second kappa shape index (κ2) is 5.83. The molecule has 0 unspecified atom stereocenters. The molecule has 1 N–H and O–H groups in total. The first-order chi connectivity index (χ1) is 8.97. The topological polar surface area (TPSA) is 29.1 Å². The molecular formula is C14H10Cl3NO. The first-order valence-corrected chi connectivity index (χ1v) is 6.63. The van der Waals surface area contributed by atoms with Gasteiger partial charge >= 0.3 is 0 Å². The number of carbonyl (C=O) groups is 1. The van der Waals surface area contributed by atoms with Gasteiger partial charge in [-0.05, 0) is 42.8 Å². The monoisotopic (exact) mass is 313 g/mol. The molecule has 0 fully saturated rings. The third-order valence-corrected chi connectivity index (χ3v) is 3.41. The molecule has 0 radical (unpaired) electrons. The van der Waals surface area contributed by atoms with E-state index in [1.165, 1.54) is 6.07 Å². The summed E-state index contributed by atoms with van der Waals surface area (Å²) in [5.74, 6) is -0.326. The number of anilines is 1. The van der Waals surface area contributed by atoms with E-state index in [2.05, 4.69) is 5.32 Å². The fourth-order valence-corrected chi connectivity index (χ4v) is 2.36. The van der Waals surface area contributed by atoms with Gasteiger partial charge in [-0.2, -0.15) is 0 Å². The van der Waals surface area contributed by atoms with Crippen molar-refractivity contribution >= 4 is 46.4 Å². The lowest BCUT2D eigenvalue weighted by Crippen LogP contribution is -2.12. The number of benzene rings is 2. The van der Waals surface area contributed by atoms with Crippen LogP contribution in [0.2, 0.25) is 15.1 Å². The largest absolute Gasteiger partial charge is 0.321 e. The van der Waals surface area contributed by atoms with E-state index in [-0.39, 0.29) is 5.91 Å². The maximum absolute atomic E-state index is 12.1. The Morgan fingerprint density at radius 3 is 2.37 bits per heavy atom. The van der Waals surface area contributed by atoms with Gasteiger partial charge in [0, 0.05) is 5.02 Å². The number of amides is 1. The summed E-state index contributed by atoms with van der Waals surface area (Å²) in [5.41, 5.74) is 1.92. The summed E-state index contributed by atoms with van der Waals surface area (Å²) in [5, 5.41) is 3.98. The Labute approximate surface area is 126 Å². The number of carbonyl (C=O) groups excluding carboxylic acids is 1. The predicted octanol–water partition coefficient (Wildman–Crippen LogP) is 5.21. The highest BCUT2D eigenvalue weighted by atomic mass is 35.5. The van der Waals surface area contributed by atoms with Crippen LogP contribution in [0.5, 0.6) is 0 Å². The van der Waals surface area contributed by atoms with Crippen molar-refractivity contribution in [3.05, 3.63) is 62.6 Å². The fourth-order valence-electron chi connectivity index (χ4n) is 1.58. The molecule has 2 nitrogen and oxygen atoms in total. The second-order valence-corrected chi connectivity index (χ2v) is 5.31. The molecule has 2 rings (SSSR count). The van der Waals surface area contributed by atoms with Crippen LogP contribution in [0, 0.1) is 6.92 Å². The van der Waals surface area contributed by atoms with Crippen LogP contribution in [0.15, 0.2) is 36.4 Å². The molecule has 0 heterocycles. The van der Waals surface area contributed by atoms with E-state index >= 15 is 0 Å². The van der Waals surface area contributed by atoms with Gasteiger partial charge < -0.3 is 5.32 Å². The van der Waals surface area contributed by atoms with E-state index in [9.17, 15) is 4.79 Å². The van der Waals surface area contributed by atoms with E-state index in [1.807, 2.05) is 13.0 Å². The van der Waals surface area contributed by atoms with E-state index in [0.29, 0.717) is 26.3 Å². The van der Waals surface area contributed by atoms with Gasteiger partial charge in [-0.15, -0.1) is 0 Å². The zero-order valence-corrected chi connectivity index (χ0v) is 12.3. The van der Waals surface area contributed by atoms with Crippen LogP contribution in [-0.4, -0.2) is 5.91 Å². The molecule has 0 saturated heterocycles. The van der Waals surface area contributed by atoms with Crippen LogP contribution in [0.3, 0.4) is 0 Å². The van der Waals surface area contributed by atoms with Crippen molar-refractivity contribution in [2.24, 2.45) is 0 Å². The van der Waals surface area contributed by atoms with Gasteiger partial charge in [0.05, 0.1) is 21.3 Å². The molecule has 0 spiro atoms. The van der Waals surface area contributed by atoms with Crippen LogP contribution in [0.1, 0.15) is 15.9 Å². The molecule has 2 aromatic rings. The lowest BCUT2D eigenvalue weighted by Gasteiger charge is -2.09. The maximum atomic E-state index is 12.1. The summed E-state index contributed by atoms with van der Waals surface area (Å²) in [6, 6.07) is 10.1. The fraction of sp³-hybridized carbons (Fsp3) is 0.0714. The van der Waals surface area contributed by atoms with E-state index in [4.69, 9.17) is 34.8 Å². The van der Waals surface area contributed by atoms with Gasteiger partial charge in [-0.3, -0.25) is 4.79 Å². The minimum Gasteiger partial charge on any atom is -0.321 e. The minimum absolute atomic E-state index is 0.299. The summed E-state index contributed by atoms with van der Waals surface area (Å²) in [4.78, 5) is 12.1. The van der Waals surface area contributed by atoms with E-state index < -0.39 is 0 Å². The van der Waals surface area contributed by atoms with Gasteiger partial charge in [0.25, 0.3) is 5.91 Å². The Balaban J connectivity index is 2.25. The average Bonchev–Trinajstić information content (AvgIpc) is 2.32. The highest BCUT2D eigenvalue weighted by Crippen LogP contribution is 2.25. The van der Waals surface area contributed by atoms with Crippen molar-refractivity contribution in [2.75, 3.05) is 5.32 Å². The van der Waals surface area contributed by atoms with Crippen LogP contribution in [-0.2, 0) is 0 Å².